The Morgan fingerprint density at radius 1 is 1.02 bits per heavy atom. The summed E-state index contributed by atoms with van der Waals surface area (Å²) in [7, 11) is 0. The maximum absolute atomic E-state index is 13.8. The number of rotatable bonds is 7. The van der Waals surface area contributed by atoms with E-state index >= 15 is 0 Å². The van der Waals surface area contributed by atoms with Crippen molar-refractivity contribution in [3.63, 3.8) is 0 Å². The number of benzene rings is 3. The number of amides is 2. The minimum absolute atomic E-state index is 0.0862. The van der Waals surface area contributed by atoms with Crippen LogP contribution in [0.1, 0.15) is 63.9 Å². The number of H-pyrrole nitrogens is 1. The standard InChI is InChI=1S/C35H37N3O2S/c1-23-11-12-24(2)28(19-23)22-38-31-9-5-6-10-32(31)41-33(35(38)40)20-25-13-15-26(16-14-25)34(39)36-18-17-27-21-37-30-8-4-3-7-29(27)30/h3-4,7-8,11-16,19-21,31-32,37H,5-6,9-10,17-18,22H2,1-2H3,(H,36,39)/b33-20+. The van der Waals surface area contributed by atoms with Gasteiger partial charge in [-0.25, -0.2) is 0 Å². The fourth-order valence-corrected chi connectivity index (χ4v) is 7.62. The second-order valence-corrected chi connectivity index (χ2v) is 12.6. The summed E-state index contributed by atoms with van der Waals surface area (Å²) in [6.07, 6.45) is 9.40. The van der Waals surface area contributed by atoms with Crippen molar-refractivity contribution in [1.29, 1.82) is 0 Å². The molecule has 5 nitrogen and oxygen atoms in total. The number of aromatic nitrogens is 1. The number of para-hydroxylation sites is 1. The fraction of sp³-hybridized carbons (Fsp3) is 0.314. The van der Waals surface area contributed by atoms with E-state index in [9.17, 15) is 9.59 Å². The molecule has 2 fully saturated rings. The number of nitrogens with one attached hydrogen (secondary N) is 2. The van der Waals surface area contributed by atoms with Gasteiger partial charge in [-0.1, -0.05) is 66.9 Å². The molecule has 1 saturated heterocycles. The summed E-state index contributed by atoms with van der Waals surface area (Å²) in [5.74, 6) is 0.0371. The van der Waals surface area contributed by atoms with Crippen molar-refractivity contribution >= 4 is 40.6 Å². The van der Waals surface area contributed by atoms with Crippen molar-refractivity contribution in [2.75, 3.05) is 6.54 Å². The number of aryl methyl sites for hydroxylation is 2. The maximum atomic E-state index is 13.8. The monoisotopic (exact) mass is 563 g/mol. The average molecular weight is 564 g/mol. The molecule has 1 aliphatic carbocycles. The minimum atomic E-state index is -0.0862. The number of carbonyl (C=O) groups excluding carboxylic acids is 2. The smallest absolute Gasteiger partial charge is 0.260 e. The second-order valence-electron chi connectivity index (χ2n) is 11.4. The molecule has 41 heavy (non-hydrogen) atoms. The Hall–Kier alpha value is -3.77. The van der Waals surface area contributed by atoms with Gasteiger partial charge in [0.15, 0.2) is 0 Å². The van der Waals surface area contributed by atoms with E-state index in [0.29, 0.717) is 23.9 Å². The molecule has 4 aromatic rings. The number of thioether (sulfide) groups is 1. The van der Waals surface area contributed by atoms with Crippen LogP contribution in [0.15, 0.2) is 77.8 Å². The number of nitrogens with zero attached hydrogens (tertiary/aromatic N) is 1. The highest BCUT2D eigenvalue weighted by molar-refractivity contribution is 8.04. The molecule has 2 heterocycles. The van der Waals surface area contributed by atoms with Gasteiger partial charge in [0, 0.05) is 47.0 Å². The third kappa shape index (κ3) is 5.98. The predicted molar refractivity (Wildman–Crippen MR) is 169 cm³/mol. The number of hydrogen-bond donors (Lipinski definition) is 2. The highest BCUT2D eigenvalue weighted by Gasteiger charge is 2.40. The molecular weight excluding hydrogens is 526 g/mol. The van der Waals surface area contributed by atoms with Gasteiger partial charge in [0.2, 0.25) is 0 Å². The highest BCUT2D eigenvalue weighted by atomic mass is 32.2. The van der Waals surface area contributed by atoms with E-state index in [4.69, 9.17) is 0 Å². The van der Waals surface area contributed by atoms with Crippen LogP contribution in [0.4, 0.5) is 0 Å². The first-order chi connectivity index (χ1) is 20.0. The summed E-state index contributed by atoms with van der Waals surface area (Å²) in [5, 5.41) is 4.67. The normalized spacial score (nSPS) is 19.9. The van der Waals surface area contributed by atoms with Crippen LogP contribution in [0.3, 0.4) is 0 Å². The summed E-state index contributed by atoms with van der Waals surface area (Å²) in [6.45, 7) is 5.46. The molecule has 1 aromatic heterocycles. The van der Waals surface area contributed by atoms with Crippen molar-refractivity contribution in [3.8, 4) is 0 Å². The maximum Gasteiger partial charge on any atom is 0.260 e. The molecule has 0 spiro atoms. The average Bonchev–Trinajstić information content (AvgIpc) is 3.40. The van der Waals surface area contributed by atoms with Crippen LogP contribution < -0.4 is 5.32 Å². The SMILES string of the molecule is Cc1ccc(C)c(CN2C(=O)/C(=C\c3ccc(C(=O)NCCc4c[nH]c5ccccc45)cc3)SC3CCCCC32)c1. The fourth-order valence-electron chi connectivity index (χ4n) is 6.15. The van der Waals surface area contributed by atoms with Crippen molar-refractivity contribution < 1.29 is 9.59 Å². The van der Waals surface area contributed by atoms with E-state index in [1.807, 2.05) is 48.7 Å². The first-order valence-electron chi connectivity index (χ1n) is 14.6. The Kier molecular flexibility index (Phi) is 8.02. The van der Waals surface area contributed by atoms with Crippen molar-refractivity contribution in [2.24, 2.45) is 0 Å². The second kappa shape index (κ2) is 12.0. The molecule has 1 saturated carbocycles. The number of carbonyl (C=O) groups is 2. The first-order valence-corrected chi connectivity index (χ1v) is 15.5. The molecule has 2 aliphatic rings. The zero-order chi connectivity index (χ0) is 28.3. The molecular formula is C35H37N3O2S. The molecule has 0 radical (unpaired) electrons. The van der Waals surface area contributed by atoms with E-state index in [0.717, 1.165) is 35.2 Å². The lowest BCUT2D eigenvalue weighted by molar-refractivity contribution is -0.130. The zero-order valence-corrected chi connectivity index (χ0v) is 24.6. The third-order valence-corrected chi connectivity index (χ3v) is 9.89. The molecule has 6 rings (SSSR count). The van der Waals surface area contributed by atoms with Gasteiger partial charge >= 0.3 is 0 Å². The minimum Gasteiger partial charge on any atom is -0.361 e. The third-order valence-electron chi connectivity index (χ3n) is 8.49. The van der Waals surface area contributed by atoms with E-state index in [-0.39, 0.29) is 17.9 Å². The van der Waals surface area contributed by atoms with Crippen LogP contribution in [-0.4, -0.2) is 39.5 Å². The van der Waals surface area contributed by atoms with Crippen LogP contribution in [-0.2, 0) is 17.8 Å². The van der Waals surface area contributed by atoms with Gasteiger partial charge in [-0.05, 0) is 79.6 Å². The van der Waals surface area contributed by atoms with E-state index in [2.05, 4.69) is 59.4 Å². The molecule has 6 heteroatoms. The molecule has 2 atom stereocenters. The molecule has 1 aliphatic heterocycles. The zero-order valence-electron chi connectivity index (χ0n) is 23.8. The predicted octanol–water partition coefficient (Wildman–Crippen LogP) is 7.18. The van der Waals surface area contributed by atoms with Gasteiger partial charge in [0.25, 0.3) is 11.8 Å². The molecule has 3 aromatic carbocycles. The van der Waals surface area contributed by atoms with Crippen LogP contribution in [0.2, 0.25) is 0 Å². The Bertz CT molecular complexity index is 1600. The highest BCUT2D eigenvalue weighted by Crippen LogP contribution is 2.43. The van der Waals surface area contributed by atoms with Gasteiger partial charge < -0.3 is 15.2 Å². The Labute approximate surface area is 246 Å². The van der Waals surface area contributed by atoms with E-state index < -0.39 is 0 Å². The summed E-state index contributed by atoms with van der Waals surface area (Å²) in [6, 6.07) is 22.6. The summed E-state index contributed by atoms with van der Waals surface area (Å²) in [4.78, 5) is 32.9. The Morgan fingerprint density at radius 3 is 2.68 bits per heavy atom. The molecule has 2 N–H and O–H groups in total. The van der Waals surface area contributed by atoms with Crippen molar-refractivity contribution in [3.05, 3.63) is 111 Å². The Morgan fingerprint density at radius 2 is 1.83 bits per heavy atom. The van der Waals surface area contributed by atoms with Crippen LogP contribution >= 0.6 is 11.8 Å². The van der Waals surface area contributed by atoms with Crippen LogP contribution in [0.5, 0.6) is 0 Å². The van der Waals surface area contributed by atoms with Gasteiger partial charge in [0.1, 0.15) is 0 Å². The lowest BCUT2D eigenvalue weighted by Crippen LogP contribution is -2.50. The summed E-state index contributed by atoms with van der Waals surface area (Å²) >= 11 is 1.75. The number of fused-ring (bicyclic) bond motifs is 2. The van der Waals surface area contributed by atoms with Crippen molar-refractivity contribution in [2.45, 2.75) is 63.8 Å². The topological polar surface area (TPSA) is 65.2 Å². The first kappa shape index (κ1) is 27.4. The van der Waals surface area contributed by atoms with E-state index in [1.165, 1.54) is 40.5 Å². The van der Waals surface area contributed by atoms with Crippen molar-refractivity contribution in [1.82, 2.24) is 15.2 Å². The number of hydrogen-bond acceptors (Lipinski definition) is 3. The molecule has 0 bridgehead atoms. The van der Waals surface area contributed by atoms with Gasteiger partial charge in [0.05, 0.1) is 4.91 Å². The summed E-state index contributed by atoms with van der Waals surface area (Å²) < 4.78 is 0. The van der Waals surface area contributed by atoms with Gasteiger partial charge in [-0.3, -0.25) is 9.59 Å². The molecule has 2 amide bonds. The lowest BCUT2D eigenvalue weighted by Gasteiger charge is -2.44. The lowest BCUT2D eigenvalue weighted by atomic mass is 9.92. The molecule has 2 unspecified atom stereocenters. The number of aromatic amines is 1. The largest absolute Gasteiger partial charge is 0.361 e. The van der Waals surface area contributed by atoms with Crippen LogP contribution in [0.25, 0.3) is 17.0 Å². The summed E-state index contributed by atoms with van der Waals surface area (Å²) in [5.41, 5.74) is 7.56. The van der Waals surface area contributed by atoms with Crippen LogP contribution in [0, 0.1) is 13.8 Å². The quantitative estimate of drug-likeness (QED) is 0.234. The van der Waals surface area contributed by atoms with E-state index in [1.54, 1.807) is 11.8 Å². The van der Waals surface area contributed by atoms with Gasteiger partial charge in [-0.15, -0.1) is 11.8 Å². The Balaban J connectivity index is 1.13. The molecule has 210 valence electrons. The van der Waals surface area contributed by atoms with Gasteiger partial charge in [-0.2, -0.15) is 0 Å².